The van der Waals surface area contributed by atoms with E-state index in [0.29, 0.717) is 6.10 Å². The van der Waals surface area contributed by atoms with E-state index in [9.17, 15) is 0 Å². The van der Waals surface area contributed by atoms with Crippen molar-refractivity contribution in [3.8, 4) is 0 Å². The zero-order valence-corrected chi connectivity index (χ0v) is 14.0. The van der Waals surface area contributed by atoms with E-state index in [1.54, 1.807) is 0 Å². The van der Waals surface area contributed by atoms with E-state index in [1.807, 2.05) is 0 Å². The molecule has 2 unspecified atom stereocenters. The Morgan fingerprint density at radius 3 is 2.62 bits per heavy atom. The van der Waals surface area contributed by atoms with Gasteiger partial charge < -0.3 is 9.47 Å². The Bertz CT molecular complexity index is 244. The maximum Gasteiger partial charge on any atom is 0.157 e. The fourth-order valence-corrected chi connectivity index (χ4v) is 2.77. The predicted octanol–water partition coefficient (Wildman–Crippen LogP) is 5.82. The maximum atomic E-state index is 6.14. The second kappa shape index (κ2) is 13.3. The van der Waals surface area contributed by atoms with Crippen molar-refractivity contribution >= 4 is 0 Å². The Morgan fingerprint density at radius 2 is 1.95 bits per heavy atom. The van der Waals surface area contributed by atoms with Crippen LogP contribution in [0.4, 0.5) is 0 Å². The average molecular weight is 295 g/mol. The molecular weight excluding hydrogens is 260 g/mol. The molecule has 1 radical (unpaired) electrons. The van der Waals surface area contributed by atoms with Crippen LogP contribution in [0.1, 0.15) is 84.0 Å². The number of hydrogen-bond donors (Lipinski definition) is 0. The number of hydrogen-bond acceptors (Lipinski definition) is 2. The third-order valence-corrected chi connectivity index (χ3v) is 4.03. The summed E-state index contributed by atoms with van der Waals surface area (Å²) < 4.78 is 11.8. The van der Waals surface area contributed by atoms with Gasteiger partial charge in [0.15, 0.2) is 6.29 Å². The van der Waals surface area contributed by atoms with Crippen molar-refractivity contribution < 1.29 is 9.47 Å². The summed E-state index contributed by atoms with van der Waals surface area (Å²) in [6, 6.07) is 0. The van der Waals surface area contributed by atoms with Crippen LogP contribution in [0, 0.1) is 6.92 Å². The number of rotatable bonds is 12. The predicted molar refractivity (Wildman–Crippen MR) is 90.2 cm³/mol. The fourth-order valence-electron chi connectivity index (χ4n) is 2.77. The van der Waals surface area contributed by atoms with Crippen LogP contribution in [-0.4, -0.2) is 19.0 Å². The van der Waals surface area contributed by atoms with Crippen LogP contribution in [-0.2, 0) is 9.47 Å². The van der Waals surface area contributed by atoms with Gasteiger partial charge >= 0.3 is 0 Å². The molecule has 1 rings (SSSR count). The topological polar surface area (TPSA) is 18.5 Å². The van der Waals surface area contributed by atoms with Crippen LogP contribution >= 0.6 is 0 Å². The van der Waals surface area contributed by atoms with Gasteiger partial charge in [0, 0.05) is 6.61 Å². The maximum absolute atomic E-state index is 6.14. The van der Waals surface area contributed by atoms with Gasteiger partial charge in [-0.1, -0.05) is 45.3 Å². The number of unbranched alkanes of at least 4 members (excludes halogenated alkanes) is 4. The molecule has 1 aliphatic heterocycles. The molecule has 21 heavy (non-hydrogen) atoms. The Kier molecular flexibility index (Phi) is 11.9. The minimum atomic E-state index is 0.0675. The Morgan fingerprint density at radius 1 is 1.14 bits per heavy atom. The van der Waals surface area contributed by atoms with Crippen molar-refractivity contribution in [3.05, 3.63) is 19.1 Å². The summed E-state index contributed by atoms with van der Waals surface area (Å²) in [5, 5.41) is 0. The Hall–Kier alpha value is -0.340. The molecule has 1 saturated heterocycles. The highest BCUT2D eigenvalue weighted by Crippen LogP contribution is 2.20. The molecule has 1 fully saturated rings. The highest BCUT2D eigenvalue weighted by atomic mass is 16.7. The van der Waals surface area contributed by atoms with Crippen LogP contribution in [0.25, 0.3) is 0 Å². The molecule has 0 aromatic rings. The van der Waals surface area contributed by atoms with E-state index in [0.717, 1.165) is 19.4 Å². The van der Waals surface area contributed by atoms with Gasteiger partial charge in [-0.05, 0) is 57.8 Å². The monoisotopic (exact) mass is 295 g/mol. The van der Waals surface area contributed by atoms with Gasteiger partial charge in [0.25, 0.3) is 0 Å². The molecule has 2 atom stereocenters. The molecule has 0 spiro atoms. The van der Waals surface area contributed by atoms with Gasteiger partial charge in [0.1, 0.15) is 0 Å². The average Bonchev–Trinajstić information content (AvgIpc) is 2.51. The Balaban J connectivity index is 2.08. The molecule has 2 heteroatoms. The lowest BCUT2D eigenvalue weighted by Gasteiger charge is -2.27. The molecule has 0 aromatic heterocycles. The van der Waals surface area contributed by atoms with E-state index in [1.165, 1.54) is 64.2 Å². The smallest absolute Gasteiger partial charge is 0.157 e. The molecule has 0 aromatic carbocycles. The van der Waals surface area contributed by atoms with Crippen LogP contribution in [0.5, 0.6) is 0 Å². The van der Waals surface area contributed by atoms with Gasteiger partial charge in [-0.3, -0.25) is 0 Å². The standard InChI is InChI=1S/C19H35O2/c1-3-5-6-7-8-9-10-11-15-18(14-4-2)21-19-16-12-13-17-20-19/h7-8,18-19H,1,3-6,9-17H2,2H3/b8-7-. The minimum absolute atomic E-state index is 0.0675. The highest BCUT2D eigenvalue weighted by molar-refractivity contribution is 4.81. The van der Waals surface area contributed by atoms with Gasteiger partial charge in [-0.15, -0.1) is 0 Å². The lowest BCUT2D eigenvalue weighted by molar-refractivity contribution is -0.190. The first-order valence-corrected chi connectivity index (χ1v) is 9.08. The van der Waals surface area contributed by atoms with Gasteiger partial charge in [-0.2, -0.15) is 0 Å². The molecule has 0 bridgehead atoms. The summed E-state index contributed by atoms with van der Waals surface area (Å²) in [5.74, 6) is 0. The lowest BCUT2D eigenvalue weighted by Crippen LogP contribution is -2.28. The van der Waals surface area contributed by atoms with Crippen molar-refractivity contribution in [3.63, 3.8) is 0 Å². The largest absolute Gasteiger partial charge is 0.353 e. The quantitative estimate of drug-likeness (QED) is 0.333. The number of allylic oxidation sites excluding steroid dienone is 2. The van der Waals surface area contributed by atoms with E-state index in [2.05, 4.69) is 26.0 Å². The van der Waals surface area contributed by atoms with Crippen molar-refractivity contribution in [1.82, 2.24) is 0 Å². The van der Waals surface area contributed by atoms with E-state index in [4.69, 9.17) is 9.47 Å². The van der Waals surface area contributed by atoms with Crippen LogP contribution in [0.3, 0.4) is 0 Å². The zero-order valence-electron chi connectivity index (χ0n) is 14.0. The minimum Gasteiger partial charge on any atom is -0.353 e. The third-order valence-electron chi connectivity index (χ3n) is 4.03. The summed E-state index contributed by atoms with van der Waals surface area (Å²) in [6.07, 6.45) is 19.3. The van der Waals surface area contributed by atoms with Gasteiger partial charge in [0.2, 0.25) is 0 Å². The summed E-state index contributed by atoms with van der Waals surface area (Å²) >= 11 is 0. The van der Waals surface area contributed by atoms with Gasteiger partial charge in [-0.25, -0.2) is 0 Å². The van der Waals surface area contributed by atoms with E-state index < -0.39 is 0 Å². The molecule has 0 N–H and O–H groups in total. The third kappa shape index (κ3) is 10.1. The summed E-state index contributed by atoms with van der Waals surface area (Å²) in [7, 11) is 0. The van der Waals surface area contributed by atoms with Crippen LogP contribution in [0.2, 0.25) is 0 Å². The van der Waals surface area contributed by atoms with E-state index in [-0.39, 0.29) is 6.29 Å². The second-order valence-corrected chi connectivity index (χ2v) is 6.09. The molecule has 0 aliphatic carbocycles. The SMILES string of the molecule is [CH2]CCC/C=C\CCCCC(CCC)OC1CCCCO1. The number of ether oxygens (including phenoxy) is 2. The molecule has 1 aliphatic rings. The molecule has 0 amide bonds. The molecule has 2 nitrogen and oxygen atoms in total. The second-order valence-electron chi connectivity index (χ2n) is 6.09. The van der Waals surface area contributed by atoms with E-state index >= 15 is 0 Å². The summed E-state index contributed by atoms with van der Waals surface area (Å²) in [4.78, 5) is 0. The van der Waals surface area contributed by atoms with Crippen molar-refractivity contribution in [2.24, 2.45) is 0 Å². The normalized spacial score (nSPS) is 21.0. The lowest BCUT2D eigenvalue weighted by atomic mass is 10.1. The molecule has 1 heterocycles. The first-order chi connectivity index (χ1) is 10.4. The van der Waals surface area contributed by atoms with Gasteiger partial charge in [0.05, 0.1) is 6.10 Å². The Labute approximate surface area is 132 Å². The van der Waals surface area contributed by atoms with Crippen molar-refractivity contribution in [2.75, 3.05) is 6.61 Å². The fraction of sp³-hybridized carbons (Fsp3) is 0.842. The molecule has 0 saturated carbocycles. The highest BCUT2D eigenvalue weighted by Gasteiger charge is 2.18. The summed E-state index contributed by atoms with van der Waals surface area (Å²) in [6.45, 7) is 6.98. The first kappa shape index (κ1) is 18.7. The van der Waals surface area contributed by atoms with Crippen LogP contribution < -0.4 is 0 Å². The molecular formula is C19H35O2. The summed E-state index contributed by atoms with van der Waals surface area (Å²) in [5.41, 5.74) is 0. The van der Waals surface area contributed by atoms with Crippen molar-refractivity contribution in [2.45, 2.75) is 96.4 Å². The zero-order chi connectivity index (χ0) is 15.2. The first-order valence-electron chi connectivity index (χ1n) is 9.08. The van der Waals surface area contributed by atoms with Crippen molar-refractivity contribution in [1.29, 1.82) is 0 Å². The molecule has 123 valence electrons. The van der Waals surface area contributed by atoms with Crippen LogP contribution in [0.15, 0.2) is 12.2 Å².